The highest BCUT2D eigenvalue weighted by molar-refractivity contribution is 14.1. The maximum atomic E-state index is 11.3. The van der Waals surface area contributed by atoms with Gasteiger partial charge < -0.3 is 14.8 Å². The lowest BCUT2D eigenvalue weighted by atomic mass is 10.4. The van der Waals surface area contributed by atoms with Gasteiger partial charge >= 0.3 is 5.97 Å². The Morgan fingerprint density at radius 3 is 3.00 bits per heavy atom. The SMILES string of the molecule is O=C(O)c1cc(Oc2nc[nH]c(=O)c2I)cs1. The number of rotatable bonds is 3. The third kappa shape index (κ3) is 2.64. The Kier molecular flexibility index (Phi) is 3.43. The summed E-state index contributed by atoms with van der Waals surface area (Å²) in [5.41, 5.74) is -0.302. The van der Waals surface area contributed by atoms with E-state index in [1.807, 2.05) is 22.6 Å². The van der Waals surface area contributed by atoms with Crippen LogP contribution < -0.4 is 10.3 Å². The Labute approximate surface area is 112 Å². The number of nitrogens with zero attached hydrogens (tertiary/aromatic N) is 1. The van der Waals surface area contributed by atoms with Gasteiger partial charge in [-0.25, -0.2) is 9.78 Å². The van der Waals surface area contributed by atoms with E-state index in [0.29, 0.717) is 9.32 Å². The molecule has 0 bridgehead atoms. The molecule has 0 unspecified atom stereocenters. The Morgan fingerprint density at radius 1 is 1.59 bits per heavy atom. The highest BCUT2D eigenvalue weighted by Crippen LogP contribution is 2.27. The molecule has 0 fully saturated rings. The van der Waals surface area contributed by atoms with E-state index in [4.69, 9.17) is 9.84 Å². The molecule has 2 aromatic rings. The topological polar surface area (TPSA) is 92.3 Å². The summed E-state index contributed by atoms with van der Waals surface area (Å²) in [6.45, 7) is 0. The van der Waals surface area contributed by atoms with E-state index in [9.17, 15) is 9.59 Å². The standard InChI is InChI=1S/C9H5IN2O4S/c10-6-7(13)11-3-12-8(6)16-4-1-5(9(14)15)17-2-4/h1-3H,(H,14,15)(H,11,12,13). The van der Waals surface area contributed by atoms with Crippen LogP contribution in [0.1, 0.15) is 9.67 Å². The zero-order valence-corrected chi connectivity index (χ0v) is 11.1. The molecule has 6 nitrogen and oxygen atoms in total. The monoisotopic (exact) mass is 364 g/mol. The van der Waals surface area contributed by atoms with Gasteiger partial charge in [-0.3, -0.25) is 4.79 Å². The van der Waals surface area contributed by atoms with Crippen LogP contribution in [0, 0.1) is 3.57 Å². The van der Waals surface area contributed by atoms with Crippen molar-refractivity contribution in [1.29, 1.82) is 0 Å². The quantitative estimate of drug-likeness (QED) is 0.812. The van der Waals surface area contributed by atoms with Crippen molar-refractivity contribution >= 4 is 39.9 Å². The number of hydrogen-bond donors (Lipinski definition) is 2. The second-order valence-electron chi connectivity index (χ2n) is 2.90. The van der Waals surface area contributed by atoms with E-state index in [1.54, 1.807) is 5.38 Å². The van der Waals surface area contributed by atoms with Crippen LogP contribution >= 0.6 is 33.9 Å². The molecule has 0 atom stereocenters. The van der Waals surface area contributed by atoms with Gasteiger partial charge in [0.1, 0.15) is 14.2 Å². The van der Waals surface area contributed by atoms with Gasteiger partial charge in [-0.05, 0) is 22.6 Å². The van der Waals surface area contributed by atoms with Gasteiger partial charge in [0.05, 0.1) is 6.33 Å². The molecule has 0 aromatic carbocycles. The first-order valence-electron chi connectivity index (χ1n) is 4.31. The summed E-state index contributed by atoms with van der Waals surface area (Å²) >= 11 is 2.85. The van der Waals surface area contributed by atoms with Crippen molar-refractivity contribution in [1.82, 2.24) is 9.97 Å². The molecule has 0 aliphatic carbocycles. The molecule has 0 saturated heterocycles. The largest absolute Gasteiger partial charge is 0.477 e. The minimum atomic E-state index is -1.02. The van der Waals surface area contributed by atoms with Crippen LogP contribution in [-0.4, -0.2) is 21.0 Å². The van der Waals surface area contributed by atoms with Gasteiger partial charge in [-0.15, -0.1) is 11.3 Å². The van der Waals surface area contributed by atoms with Crippen LogP contribution in [0.5, 0.6) is 11.6 Å². The molecule has 0 radical (unpaired) electrons. The molecule has 0 amide bonds. The highest BCUT2D eigenvalue weighted by Gasteiger charge is 2.11. The van der Waals surface area contributed by atoms with Crippen molar-refractivity contribution in [3.8, 4) is 11.6 Å². The third-order valence-electron chi connectivity index (χ3n) is 1.77. The van der Waals surface area contributed by atoms with Gasteiger partial charge in [-0.1, -0.05) is 0 Å². The normalized spacial score (nSPS) is 10.2. The smallest absolute Gasteiger partial charge is 0.346 e. The van der Waals surface area contributed by atoms with E-state index in [2.05, 4.69) is 9.97 Å². The summed E-state index contributed by atoms with van der Waals surface area (Å²) in [6, 6.07) is 1.38. The lowest BCUT2D eigenvalue weighted by Gasteiger charge is -2.02. The first-order chi connectivity index (χ1) is 8.08. The minimum absolute atomic E-state index is 0.157. The second-order valence-corrected chi connectivity index (χ2v) is 4.89. The highest BCUT2D eigenvalue weighted by atomic mass is 127. The number of ether oxygens (including phenoxy) is 1. The zero-order chi connectivity index (χ0) is 12.4. The first-order valence-corrected chi connectivity index (χ1v) is 6.26. The molecule has 2 N–H and O–H groups in total. The lowest BCUT2D eigenvalue weighted by Crippen LogP contribution is -2.11. The predicted molar refractivity (Wildman–Crippen MR) is 68.9 cm³/mol. The molecule has 0 spiro atoms. The Balaban J connectivity index is 2.28. The van der Waals surface area contributed by atoms with E-state index in [-0.39, 0.29) is 16.3 Å². The van der Waals surface area contributed by atoms with Crippen molar-refractivity contribution in [2.45, 2.75) is 0 Å². The number of thiophene rings is 1. The number of carboxylic acid groups (broad SMARTS) is 1. The Bertz CT molecular complexity index is 621. The van der Waals surface area contributed by atoms with Crippen LogP contribution in [0.2, 0.25) is 0 Å². The van der Waals surface area contributed by atoms with E-state index >= 15 is 0 Å². The van der Waals surface area contributed by atoms with E-state index < -0.39 is 5.97 Å². The molecule has 88 valence electrons. The van der Waals surface area contributed by atoms with Crippen molar-refractivity contribution in [3.05, 3.63) is 36.6 Å². The number of hydrogen-bond acceptors (Lipinski definition) is 5. The summed E-state index contributed by atoms with van der Waals surface area (Å²) in [7, 11) is 0. The fourth-order valence-corrected chi connectivity index (χ4v) is 2.08. The molecule has 2 rings (SSSR count). The second kappa shape index (κ2) is 4.84. The average molecular weight is 364 g/mol. The number of aromatic nitrogens is 2. The van der Waals surface area contributed by atoms with Gasteiger partial charge in [-0.2, -0.15) is 0 Å². The number of H-pyrrole nitrogens is 1. The van der Waals surface area contributed by atoms with E-state index in [1.165, 1.54) is 12.4 Å². The summed E-state index contributed by atoms with van der Waals surface area (Å²) in [5, 5.41) is 10.3. The van der Waals surface area contributed by atoms with Crippen LogP contribution in [-0.2, 0) is 0 Å². The fraction of sp³-hybridized carbons (Fsp3) is 0. The predicted octanol–water partition coefficient (Wildman–Crippen LogP) is 1.93. The minimum Gasteiger partial charge on any atom is -0.477 e. The van der Waals surface area contributed by atoms with Crippen molar-refractivity contribution in [2.24, 2.45) is 0 Å². The Morgan fingerprint density at radius 2 is 2.35 bits per heavy atom. The number of carboxylic acids is 1. The maximum Gasteiger partial charge on any atom is 0.346 e. The van der Waals surface area contributed by atoms with Crippen LogP contribution in [0.25, 0.3) is 0 Å². The fourth-order valence-electron chi connectivity index (χ4n) is 1.03. The van der Waals surface area contributed by atoms with Gasteiger partial charge in [0, 0.05) is 11.4 Å². The zero-order valence-electron chi connectivity index (χ0n) is 8.14. The molecular formula is C9H5IN2O4S. The first kappa shape index (κ1) is 12.0. The molecule has 17 heavy (non-hydrogen) atoms. The average Bonchev–Trinajstić information content (AvgIpc) is 2.73. The van der Waals surface area contributed by atoms with Crippen molar-refractivity contribution in [2.75, 3.05) is 0 Å². The van der Waals surface area contributed by atoms with Gasteiger partial charge in [0.15, 0.2) is 0 Å². The molecule has 0 aliphatic heterocycles. The molecular weight excluding hydrogens is 359 g/mol. The van der Waals surface area contributed by atoms with Gasteiger partial charge in [0.2, 0.25) is 5.88 Å². The number of aromatic carboxylic acids is 1. The van der Waals surface area contributed by atoms with Crippen LogP contribution in [0.15, 0.2) is 22.6 Å². The summed E-state index contributed by atoms with van der Waals surface area (Å²) in [5.74, 6) is -0.508. The van der Waals surface area contributed by atoms with Crippen LogP contribution in [0.3, 0.4) is 0 Å². The number of nitrogens with one attached hydrogen (secondary N) is 1. The lowest BCUT2D eigenvalue weighted by molar-refractivity contribution is 0.0702. The van der Waals surface area contributed by atoms with Crippen LogP contribution in [0.4, 0.5) is 0 Å². The van der Waals surface area contributed by atoms with Gasteiger partial charge in [0.25, 0.3) is 5.56 Å². The maximum absolute atomic E-state index is 11.3. The van der Waals surface area contributed by atoms with Crippen molar-refractivity contribution < 1.29 is 14.6 Å². The summed E-state index contributed by atoms with van der Waals surface area (Å²) in [4.78, 5) is 28.4. The molecule has 0 aliphatic rings. The van der Waals surface area contributed by atoms with E-state index in [0.717, 1.165) is 11.3 Å². The summed E-state index contributed by atoms with van der Waals surface area (Å²) in [6.07, 6.45) is 1.23. The number of carbonyl (C=O) groups is 1. The Hall–Kier alpha value is -1.42. The number of halogens is 1. The van der Waals surface area contributed by atoms with Crippen molar-refractivity contribution in [3.63, 3.8) is 0 Å². The molecule has 2 heterocycles. The summed E-state index contributed by atoms with van der Waals surface area (Å²) < 4.78 is 5.64. The third-order valence-corrected chi connectivity index (χ3v) is 3.61. The number of aromatic amines is 1. The molecule has 8 heteroatoms. The molecule has 0 saturated carbocycles. The molecule has 2 aromatic heterocycles.